The lowest BCUT2D eigenvalue weighted by atomic mass is 10.1. The highest BCUT2D eigenvalue weighted by molar-refractivity contribution is 6.00. The first-order valence-corrected chi connectivity index (χ1v) is 7.86. The molecule has 2 N–H and O–H groups in total. The van der Waals surface area contributed by atoms with Crippen LogP contribution in [0.2, 0.25) is 0 Å². The third-order valence-corrected chi connectivity index (χ3v) is 3.80. The topological polar surface area (TPSA) is 141 Å². The van der Waals surface area contributed by atoms with Crippen LogP contribution in [-0.4, -0.2) is 23.8 Å². The molecule has 28 heavy (non-hydrogen) atoms. The molecule has 10 heteroatoms. The number of ether oxygens (including phenoxy) is 1. The fourth-order valence-corrected chi connectivity index (χ4v) is 2.45. The van der Waals surface area contributed by atoms with Crippen molar-refractivity contribution in [3.05, 3.63) is 80.2 Å². The van der Waals surface area contributed by atoms with E-state index in [1.54, 1.807) is 18.2 Å². The number of nitrogens with one attached hydrogen (secondary N) is 2. The number of hydrogen-bond acceptors (Lipinski definition) is 7. The van der Waals surface area contributed by atoms with Gasteiger partial charge in [0, 0.05) is 23.1 Å². The van der Waals surface area contributed by atoms with E-state index in [1.165, 1.54) is 31.4 Å². The van der Waals surface area contributed by atoms with E-state index in [-0.39, 0.29) is 22.4 Å². The summed E-state index contributed by atoms with van der Waals surface area (Å²) in [5, 5.41) is 11.2. The average molecular weight is 383 g/mol. The van der Waals surface area contributed by atoms with Gasteiger partial charge in [-0.15, -0.1) is 0 Å². The van der Waals surface area contributed by atoms with Crippen molar-refractivity contribution in [2.75, 3.05) is 7.11 Å². The summed E-state index contributed by atoms with van der Waals surface area (Å²) in [6, 6.07) is 11.1. The van der Waals surface area contributed by atoms with Gasteiger partial charge in [-0.1, -0.05) is 18.2 Å². The van der Waals surface area contributed by atoms with E-state index < -0.39 is 22.4 Å². The quantitative estimate of drug-likeness (QED) is 0.397. The first kappa shape index (κ1) is 18.6. The Balaban J connectivity index is 1.79. The number of hydrogen-bond donors (Lipinski definition) is 2. The van der Waals surface area contributed by atoms with Crippen LogP contribution in [0.25, 0.3) is 11.0 Å². The van der Waals surface area contributed by atoms with E-state index in [4.69, 9.17) is 9.15 Å². The van der Waals surface area contributed by atoms with Crippen LogP contribution in [0.4, 0.5) is 5.69 Å². The van der Waals surface area contributed by atoms with Crippen LogP contribution in [0.15, 0.2) is 57.7 Å². The highest BCUT2D eigenvalue weighted by Gasteiger charge is 2.17. The molecule has 0 fully saturated rings. The molecule has 3 aromatic rings. The second-order valence-electron chi connectivity index (χ2n) is 5.54. The minimum Gasteiger partial charge on any atom is -0.493 e. The molecule has 0 aliphatic carbocycles. The molecule has 0 unspecified atom stereocenters. The molecule has 10 nitrogen and oxygen atoms in total. The SMILES string of the molecule is COc1cccc2cc(C(=O)NNC(=O)c3cccc([N+](=O)[O-])c3)c(=O)oc12. The maximum atomic E-state index is 12.2. The number of nitrogens with zero attached hydrogens (tertiary/aromatic N) is 1. The number of carbonyl (C=O) groups is 2. The summed E-state index contributed by atoms with van der Waals surface area (Å²) in [6.45, 7) is 0. The zero-order valence-electron chi connectivity index (χ0n) is 14.4. The van der Waals surface area contributed by atoms with E-state index >= 15 is 0 Å². The maximum Gasteiger partial charge on any atom is 0.349 e. The molecule has 1 heterocycles. The summed E-state index contributed by atoms with van der Waals surface area (Å²) in [6.07, 6.45) is 0. The van der Waals surface area contributed by atoms with E-state index in [2.05, 4.69) is 10.9 Å². The zero-order valence-corrected chi connectivity index (χ0v) is 14.4. The van der Waals surface area contributed by atoms with Gasteiger partial charge in [0.05, 0.1) is 12.0 Å². The molecule has 0 atom stereocenters. The standard InChI is InChI=1S/C18H13N3O7/c1-27-14-7-3-4-10-9-13(18(24)28-15(10)14)17(23)20-19-16(22)11-5-2-6-12(8-11)21(25)26/h2-9H,1H3,(H,19,22)(H,20,23). The summed E-state index contributed by atoms with van der Waals surface area (Å²) in [5.74, 6) is -1.36. The molecule has 0 aliphatic rings. The van der Waals surface area contributed by atoms with Crippen LogP contribution in [0.1, 0.15) is 20.7 Å². The first-order chi connectivity index (χ1) is 13.4. The fraction of sp³-hybridized carbons (Fsp3) is 0.0556. The van der Waals surface area contributed by atoms with Crippen molar-refractivity contribution < 1.29 is 23.7 Å². The van der Waals surface area contributed by atoms with Gasteiger partial charge in [0.2, 0.25) is 0 Å². The Morgan fingerprint density at radius 1 is 1.07 bits per heavy atom. The Kier molecular flexibility index (Phi) is 5.03. The Morgan fingerprint density at radius 2 is 1.79 bits per heavy atom. The number of carbonyl (C=O) groups excluding carboxylic acids is 2. The summed E-state index contributed by atoms with van der Waals surface area (Å²) in [7, 11) is 1.42. The molecule has 0 aliphatic heterocycles. The van der Waals surface area contributed by atoms with E-state index in [0.717, 1.165) is 6.07 Å². The minimum absolute atomic E-state index is 0.0372. The average Bonchev–Trinajstić information content (AvgIpc) is 2.70. The molecule has 2 aromatic carbocycles. The van der Waals surface area contributed by atoms with Gasteiger partial charge in [0.15, 0.2) is 11.3 Å². The van der Waals surface area contributed by atoms with Crippen molar-refractivity contribution in [1.82, 2.24) is 10.9 Å². The van der Waals surface area contributed by atoms with Gasteiger partial charge in [-0.05, 0) is 18.2 Å². The Hall–Kier alpha value is -4.21. The largest absolute Gasteiger partial charge is 0.493 e. The summed E-state index contributed by atoms with van der Waals surface area (Å²) >= 11 is 0. The van der Waals surface area contributed by atoms with E-state index in [9.17, 15) is 24.5 Å². The highest BCUT2D eigenvalue weighted by Crippen LogP contribution is 2.24. The number of para-hydroxylation sites is 1. The van der Waals surface area contributed by atoms with Crippen LogP contribution in [0.3, 0.4) is 0 Å². The third kappa shape index (κ3) is 3.65. The number of nitro groups is 1. The molecule has 3 rings (SSSR count). The van der Waals surface area contributed by atoms with Crippen molar-refractivity contribution in [2.24, 2.45) is 0 Å². The van der Waals surface area contributed by atoms with Gasteiger partial charge in [-0.25, -0.2) is 4.79 Å². The molecular weight excluding hydrogens is 370 g/mol. The second kappa shape index (κ2) is 7.58. The van der Waals surface area contributed by atoms with Crippen LogP contribution < -0.4 is 21.2 Å². The minimum atomic E-state index is -0.918. The summed E-state index contributed by atoms with van der Waals surface area (Å²) in [4.78, 5) is 46.5. The molecular formula is C18H13N3O7. The van der Waals surface area contributed by atoms with E-state index in [0.29, 0.717) is 11.1 Å². The number of benzene rings is 2. The third-order valence-electron chi connectivity index (χ3n) is 3.80. The normalized spacial score (nSPS) is 10.3. The molecule has 1 aromatic heterocycles. The monoisotopic (exact) mass is 383 g/mol. The number of non-ortho nitro benzene ring substituents is 1. The first-order valence-electron chi connectivity index (χ1n) is 7.86. The molecule has 0 saturated heterocycles. The molecule has 142 valence electrons. The number of methoxy groups -OCH3 is 1. The molecule has 0 spiro atoms. The van der Waals surface area contributed by atoms with Crippen molar-refractivity contribution >= 4 is 28.5 Å². The number of nitro benzene ring substituents is 1. The number of amides is 2. The van der Waals surface area contributed by atoms with Gasteiger partial charge in [0.1, 0.15) is 5.56 Å². The van der Waals surface area contributed by atoms with Crippen LogP contribution >= 0.6 is 0 Å². The predicted molar refractivity (Wildman–Crippen MR) is 97.1 cm³/mol. The van der Waals surface area contributed by atoms with Crippen molar-refractivity contribution in [3.8, 4) is 5.75 Å². The van der Waals surface area contributed by atoms with Gasteiger partial charge >= 0.3 is 5.63 Å². The Morgan fingerprint density at radius 3 is 2.50 bits per heavy atom. The predicted octanol–water partition coefficient (Wildman–Crippen LogP) is 1.78. The highest BCUT2D eigenvalue weighted by atomic mass is 16.6. The summed E-state index contributed by atoms with van der Waals surface area (Å²) in [5.41, 5.74) is 2.80. The Labute approximate surface area is 156 Å². The Bertz CT molecular complexity index is 1150. The van der Waals surface area contributed by atoms with Gasteiger partial charge < -0.3 is 9.15 Å². The maximum absolute atomic E-state index is 12.2. The van der Waals surface area contributed by atoms with Gasteiger partial charge in [0.25, 0.3) is 17.5 Å². The smallest absolute Gasteiger partial charge is 0.349 e. The lowest BCUT2D eigenvalue weighted by Crippen LogP contribution is -2.43. The number of rotatable bonds is 4. The number of fused-ring (bicyclic) bond motifs is 1. The molecule has 0 saturated carbocycles. The molecule has 0 radical (unpaired) electrons. The second-order valence-corrected chi connectivity index (χ2v) is 5.54. The molecule has 2 amide bonds. The zero-order chi connectivity index (χ0) is 20.3. The lowest BCUT2D eigenvalue weighted by molar-refractivity contribution is -0.384. The molecule has 0 bridgehead atoms. The van der Waals surface area contributed by atoms with Gasteiger partial charge in [-0.3, -0.25) is 30.6 Å². The van der Waals surface area contributed by atoms with Crippen molar-refractivity contribution in [3.63, 3.8) is 0 Å². The lowest BCUT2D eigenvalue weighted by Gasteiger charge is -2.08. The van der Waals surface area contributed by atoms with Crippen LogP contribution in [-0.2, 0) is 0 Å². The fourth-order valence-electron chi connectivity index (χ4n) is 2.45. The summed E-state index contributed by atoms with van der Waals surface area (Å²) < 4.78 is 10.2. The van der Waals surface area contributed by atoms with Crippen molar-refractivity contribution in [1.29, 1.82) is 0 Å². The van der Waals surface area contributed by atoms with Crippen molar-refractivity contribution in [2.45, 2.75) is 0 Å². The number of hydrazine groups is 1. The van der Waals surface area contributed by atoms with Crippen LogP contribution in [0.5, 0.6) is 5.75 Å². The van der Waals surface area contributed by atoms with E-state index in [1.807, 2.05) is 0 Å². The van der Waals surface area contributed by atoms with Gasteiger partial charge in [-0.2, -0.15) is 0 Å². The van der Waals surface area contributed by atoms with Crippen LogP contribution in [0, 0.1) is 10.1 Å².